The lowest BCUT2D eigenvalue weighted by atomic mass is 9.82. The van der Waals surface area contributed by atoms with Crippen LogP contribution in [0.4, 0.5) is 0 Å². The summed E-state index contributed by atoms with van der Waals surface area (Å²) in [4.78, 5) is 4.56. The van der Waals surface area contributed by atoms with Crippen molar-refractivity contribution in [2.24, 2.45) is 11.8 Å². The summed E-state index contributed by atoms with van der Waals surface area (Å²) in [7, 11) is 0. The smallest absolute Gasteiger partial charge is 0.110 e. The zero-order chi connectivity index (χ0) is 15.4. The molecule has 1 aliphatic heterocycles. The molecule has 1 fully saturated rings. The third-order valence-electron chi connectivity index (χ3n) is 4.98. The van der Waals surface area contributed by atoms with Crippen molar-refractivity contribution in [1.82, 2.24) is 14.9 Å². The van der Waals surface area contributed by atoms with Gasteiger partial charge in [0.15, 0.2) is 0 Å². The van der Waals surface area contributed by atoms with Crippen molar-refractivity contribution in [3.8, 4) is 0 Å². The SMILES string of the molecule is CCCNC(Cc1nccn1CC)C1C(C)OC(C)C1C. The van der Waals surface area contributed by atoms with Gasteiger partial charge in [0.1, 0.15) is 5.82 Å². The van der Waals surface area contributed by atoms with Gasteiger partial charge in [0.05, 0.1) is 12.2 Å². The molecule has 0 saturated carbocycles. The van der Waals surface area contributed by atoms with Gasteiger partial charge >= 0.3 is 0 Å². The molecule has 4 heteroatoms. The molecule has 0 aromatic carbocycles. The van der Waals surface area contributed by atoms with Gasteiger partial charge in [0, 0.05) is 37.3 Å². The van der Waals surface area contributed by atoms with Crippen LogP contribution in [0.1, 0.15) is 46.9 Å². The minimum Gasteiger partial charge on any atom is -0.375 e. The highest BCUT2D eigenvalue weighted by atomic mass is 16.5. The van der Waals surface area contributed by atoms with Crippen LogP contribution in [-0.4, -0.2) is 34.3 Å². The van der Waals surface area contributed by atoms with Gasteiger partial charge < -0.3 is 14.6 Å². The van der Waals surface area contributed by atoms with Gasteiger partial charge in [0.2, 0.25) is 0 Å². The van der Waals surface area contributed by atoms with Crippen molar-refractivity contribution >= 4 is 0 Å². The molecule has 4 nitrogen and oxygen atoms in total. The summed E-state index contributed by atoms with van der Waals surface area (Å²) in [6.45, 7) is 13.2. The average molecular weight is 293 g/mol. The van der Waals surface area contributed by atoms with E-state index in [1.807, 2.05) is 6.20 Å². The van der Waals surface area contributed by atoms with E-state index < -0.39 is 0 Å². The number of aryl methyl sites for hydroxylation is 1. The first-order valence-electron chi connectivity index (χ1n) is 8.47. The van der Waals surface area contributed by atoms with E-state index in [2.05, 4.69) is 55.7 Å². The maximum absolute atomic E-state index is 6.06. The molecule has 120 valence electrons. The number of hydrogen-bond acceptors (Lipinski definition) is 3. The van der Waals surface area contributed by atoms with E-state index in [1.54, 1.807) is 0 Å². The normalized spacial score (nSPS) is 30.7. The highest BCUT2D eigenvalue weighted by Crippen LogP contribution is 2.35. The molecule has 0 amide bonds. The van der Waals surface area contributed by atoms with Gasteiger partial charge in [-0.05, 0) is 39.7 Å². The van der Waals surface area contributed by atoms with Gasteiger partial charge in [0.25, 0.3) is 0 Å². The monoisotopic (exact) mass is 293 g/mol. The van der Waals surface area contributed by atoms with E-state index in [0.29, 0.717) is 30.1 Å². The Morgan fingerprint density at radius 1 is 1.29 bits per heavy atom. The lowest BCUT2D eigenvalue weighted by molar-refractivity contribution is 0.0475. The van der Waals surface area contributed by atoms with E-state index >= 15 is 0 Å². The van der Waals surface area contributed by atoms with Crippen LogP contribution >= 0.6 is 0 Å². The van der Waals surface area contributed by atoms with Gasteiger partial charge in [-0.15, -0.1) is 0 Å². The zero-order valence-corrected chi connectivity index (χ0v) is 14.2. The Morgan fingerprint density at radius 2 is 2.05 bits per heavy atom. The first kappa shape index (κ1) is 16.5. The molecular weight excluding hydrogens is 262 g/mol. The fourth-order valence-corrected chi connectivity index (χ4v) is 3.68. The van der Waals surface area contributed by atoms with Crippen molar-refractivity contribution in [1.29, 1.82) is 0 Å². The molecule has 2 rings (SSSR count). The van der Waals surface area contributed by atoms with Gasteiger partial charge in [-0.3, -0.25) is 0 Å². The maximum atomic E-state index is 6.06. The lowest BCUT2D eigenvalue weighted by Crippen LogP contribution is -2.44. The average Bonchev–Trinajstić information content (AvgIpc) is 3.00. The molecule has 0 spiro atoms. The number of nitrogens with one attached hydrogen (secondary N) is 1. The minimum atomic E-state index is 0.314. The van der Waals surface area contributed by atoms with E-state index in [4.69, 9.17) is 4.74 Å². The largest absolute Gasteiger partial charge is 0.375 e. The maximum Gasteiger partial charge on any atom is 0.110 e. The molecule has 5 atom stereocenters. The number of aromatic nitrogens is 2. The Hall–Kier alpha value is -0.870. The lowest BCUT2D eigenvalue weighted by Gasteiger charge is -2.30. The molecule has 1 N–H and O–H groups in total. The van der Waals surface area contributed by atoms with Crippen molar-refractivity contribution in [2.75, 3.05) is 6.54 Å². The first-order chi connectivity index (χ1) is 10.1. The van der Waals surface area contributed by atoms with Crippen molar-refractivity contribution in [2.45, 2.75) is 72.3 Å². The fourth-order valence-electron chi connectivity index (χ4n) is 3.68. The molecule has 1 aromatic heterocycles. The summed E-state index contributed by atoms with van der Waals surface area (Å²) in [5.41, 5.74) is 0. The summed E-state index contributed by atoms with van der Waals surface area (Å²) in [5, 5.41) is 3.75. The predicted octanol–water partition coefficient (Wildman–Crippen LogP) is 2.87. The van der Waals surface area contributed by atoms with Gasteiger partial charge in [-0.2, -0.15) is 0 Å². The van der Waals surface area contributed by atoms with Gasteiger partial charge in [-0.25, -0.2) is 4.98 Å². The van der Waals surface area contributed by atoms with Crippen LogP contribution < -0.4 is 5.32 Å². The summed E-state index contributed by atoms with van der Waals surface area (Å²) < 4.78 is 8.30. The van der Waals surface area contributed by atoms with Crippen LogP contribution in [0.15, 0.2) is 12.4 Å². The van der Waals surface area contributed by atoms with E-state index in [-0.39, 0.29) is 0 Å². The number of rotatable bonds is 7. The third kappa shape index (κ3) is 3.67. The topological polar surface area (TPSA) is 39.1 Å². The van der Waals surface area contributed by atoms with Crippen LogP contribution in [0.2, 0.25) is 0 Å². The van der Waals surface area contributed by atoms with E-state index in [0.717, 1.165) is 25.9 Å². The van der Waals surface area contributed by atoms with E-state index in [1.165, 1.54) is 5.82 Å². The van der Waals surface area contributed by atoms with Crippen molar-refractivity contribution < 1.29 is 4.74 Å². The predicted molar refractivity (Wildman–Crippen MR) is 86.3 cm³/mol. The highest BCUT2D eigenvalue weighted by Gasteiger charge is 2.41. The molecule has 5 unspecified atom stereocenters. The molecule has 21 heavy (non-hydrogen) atoms. The number of hydrogen-bond donors (Lipinski definition) is 1. The molecule has 1 aliphatic rings. The second-order valence-corrected chi connectivity index (χ2v) is 6.38. The Morgan fingerprint density at radius 3 is 2.62 bits per heavy atom. The van der Waals surface area contributed by atoms with Crippen LogP contribution in [0.25, 0.3) is 0 Å². The minimum absolute atomic E-state index is 0.314. The summed E-state index contributed by atoms with van der Waals surface area (Å²) >= 11 is 0. The van der Waals surface area contributed by atoms with E-state index in [9.17, 15) is 0 Å². The van der Waals surface area contributed by atoms with Crippen LogP contribution in [-0.2, 0) is 17.7 Å². The second kappa shape index (κ2) is 7.41. The molecule has 0 radical (unpaired) electrons. The standard InChI is InChI=1S/C17H31N3O/c1-6-8-18-15(11-16-19-9-10-20(16)7-2)17-12(3)13(4)21-14(17)5/h9-10,12-15,17-18H,6-8,11H2,1-5H3. The molecule has 1 saturated heterocycles. The summed E-state index contributed by atoms with van der Waals surface area (Å²) in [6.07, 6.45) is 6.79. The zero-order valence-electron chi connectivity index (χ0n) is 14.2. The Kier molecular flexibility index (Phi) is 5.82. The molecule has 1 aromatic rings. The van der Waals surface area contributed by atoms with Crippen LogP contribution in [0.5, 0.6) is 0 Å². The summed E-state index contributed by atoms with van der Waals surface area (Å²) in [6, 6.07) is 0.438. The third-order valence-corrected chi connectivity index (χ3v) is 4.98. The number of nitrogens with zero attached hydrogens (tertiary/aromatic N) is 2. The van der Waals surface area contributed by atoms with Gasteiger partial charge in [-0.1, -0.05) is 13.8 Å². The number of ether oxygens (including phenoxy) is 1. The van der Waals surface area contributed by atoms with Crippen LogP contribution in [0, 0.1) is 11.8 Å². The Bertz CT molecular complexity index is 431. The summed E-state index contributed by atoms with van der Waals surface area (Å²) in [5.74, 6) is 2.32. The number of imidazole rings is 1. The Balaban J connectivity index is 2.14. The van der Waals surface area contributed by atoms with Crippen LogP contribution in [0.3, 0.4) is 0 Å². The first-order valence-corrected chi connectivity index (χ1v) is 8.47. The molecule has 2 heterocycles. The Labute approximate surface area is 129 Å². The molecule has 0 bridgehead atoms. The second-order valence-electron chi connectivity index (χ2n) is 6.38. The molecular formula is C17H31N3O. The quantitative estimate of drug-likeness (QED) is 0.840. The van der Waals surface area contributed by atoms with Crippen molar-refractivity contribution in [3.05, 3.63) is 18.2 Å². The highest BCUT2D eigenvalue weighted by molar-refractivity contribution is 5.00. The molecule has 0 aliphatic carbocycles. The fraction of sp³-hybridized carbons (Fsp3) is 0.824. The van der Waals surface area contributed by atoms with Crippen molar-refractivity contribution in [3.63, 3.8) is 0 Å².